The molecule has 5 nitrogen and oxygen atoms in total. The summed E-state index contributed by atoms with van der Waals surface area (Å²) < 4.78 is 10.00. The van der Waals surface area contributed by atoms with E-state index < -0.39 is 16.3 Å². The van der Waals surface area contributed by atoms with Gasteiger partial charge in [-0.05, 0) is 30.0 Å². The van der Waals surface area contributed by atoms with Crippen LogP contribution in [0.1, 0.15) is 12.8 Å². The van der Waals surface area contributed by atoms with E-state index in [1.807, 2.05) is 41.2 Å². The van der Waals surface area contributed by atoms with Crippen molar-refractivity contribution in [2.45, 2.75) is 23.7 Å². The summed E-state index contributed by atoms with van der Waals surface area (Å²) in [6.07, 6.45) is 4.92. The number of rotatable bonds is 7. The molecule has 0 fully saturated rings. The highest BCUT2D eigenvalue weighted by Crippen LogP contribution is 2.28. The first-order valence-corrected chi connectivity index (χ1v) is 8.37. The van der Waals surface area contributed by atoms with E-state index in [9.17, 15) is 9.59 Å². The first kappa shape index (κ1) is 18.3. The third-order valence-corrected chi connectivity index (χ3v) is 4.86. The molecule has 0 saturated carbocycles. The number of aryl methyl sites for hydroxylation is 1. The number of ether oxygens (including phenoxy) is 2. The Hall–Kier alpha value is -2.08. The number of carbonyl (C=O) groups excluding carboxylic acids is 2. The van der Waals surface area contributed by atoms with Crippen LogP contribution in [0.15, 0.2) is 48.8 Å². The fourth-order valence-electron chi connectivity index (χ4n) is 2.50. The second kappa shape index (κ2) is 8.15. The maximum Gasteiger partial charge on any atom is 0.334 e. The Kier molecular flexibility index (Phi) is 6.20. The zero-order valence-electron chi connectivity index (χ0n) is 13.7. The van der Waals surface area contributed by atoms with E-state index >= 15 is 0 Å². The number of alkyl halides is 1. The van der Waals surface area contributed by atoms with Crippen molar-refractivity contribution in [2.24, 2.45) is 0 Å². The molecule has 0 aliphatic rings. The Morgan fingerprint density at radius 2 is 1.67 bits per heavy atom. The van der Waals surface area contributed by atoms with Gasteiger partial charge in [-0.3, -0.25) is 0 Å². The Bertz CT molecular complexity index is 680. The summed E-state index contributed by atoms with van der Waals surface area (Å²) in [7, 11) is 2.50. The van der Waals surface area contributed by atoms with Gasteiger partial charge in [0.25, 0.3) is 0 Å². The SMILES string of the molecule is COC(=O)C(Br)(CCCn1ccc(-c2ccccc2)c1)C(=O)OC. The fourth-order valence-corrected chi connectivity index (χ4v) is 3.10. The van der Waals surface area contributed by atoms with Crippen molar-refractivity contribution in [3.63, 3.8) is 0 Å². The third-order valence-electron chi connectivity index (χ3n) is 3.81. The van der Waals surface area contributed by atoms with E-state index in [1.54, 1.807) is 0 Å². The lowest BCUT2D eigenvalue weighted by Crippen LogP contribution is -2.42. The van der Waals surface area contributed by atoms with Crippen molar-refractivity contribution in [2.75, 3.05) is 14.2 Å². The van der Waals surface area contributed by atoms with Gasteiger partial charge >= 0.3 is 11.9 Å². The molecule has 0 atom stereocenters. The molecule has 1 aromatic heterocycles. The molecule has 1 heterocycles. The quantitative estimate of drug-likeness (QED) is 0.410. The number of nitrogens with zero attached hydrogens (tertiary/aromatic N) is 1. The Labute approximate surface area is 149 Å². The number of methoxy groups -OCH3 is 2. The van der Waals surface area contributed by atoms with Crippen molar-refractivity contribution in [3.8, 4) is 11.1 Å². The topological polar surface area (TPSA) is 57.5 Å². The molecule has 0 unspecified atom stereocenters. The van der Waals surface area contributed by atoms with Gasteiger partial charge in [-0.1, -0.05) is 46.3 Å². The Morgan fingerprint density at radius 1 is 1.04 bits per heavy atom. The number of esters is 2. The molecule has 0 aliphatic heterocycles. The number of halogens is 1. The predicted octanol–water partition coefficient (Wildman–Crippen LogP) is 3.42. The lowest BCUT2D eigenvalue weighted by atomic mass is 10.0. The third kappa shape index (κ3) is 4.06. The minimum atomic E-state index is -1.45. The number of hydrogen-bond donors (Lipinski definition) is 0. The van der Waals surface area contributed by atoms with Crippen LogP contribution in [0, 0.1) is 0 Å². The summed E-state index contributed by atoms with van der Waals surface area (Å²) in [5.74, 6) is -1.29. The summed E-state index contributed by atoms with van der Waals surface area (Å²) in [5, 5.41) is 0. The molecule has 1 aromatic carbocycles. The van der Waals surface area contributed by atoms with Crippen LogP contribution in [-0.4, -0.2) is 35.0 Å². The highest BCUT2D eigenvalue weighted by molar-refractivity contribution is 9.10. The summed E-state index contributed by atoms with van der Waals surface area (Å²) in [5.41, 5.74) is 2.27. The summed E-state index contributed by atoms with van der Waals surface area (Å²) >= 11 is 3.19. The monoisotopic (exact) mass is 393 g/mol. The number of carbonyl (C=O) groups is 2. The molecular weight excluding hydrogens is 374 g/mol. The second-order valence-corrected chi connectivity index (χ2v) is 6.75. The molecule has 128 valence electrons. The van der Waals surface area contributed by atoms with Gasteiger partial charge in [-0.25, -0.2) is 9.59 Å². The lowest BCUT2D eigenvalue weighted by molar-refractivity contribution is -0.155. The first-order valence-electron chi connectivity index (χ1n) is 7.58. The van der Waals surface area contributed by atoms with Crippen LogP contribution >= 0.6 is 15.9 Å². The highest BCUT2D eigenvalue weighted by atomic mass is 79.9. The maximum absolute atomic E-state index is 11.9. The summed E-state index contributed by atoms with van der Waals surface area (Å²) in [4.78, 5) is 23.8. The van der Waals surface area contributed by atoms with Gasteiger partial charge < -0.3 is 14.0 Å². The molecular formula is C18H20BrNO4. The van der Waals surface area contributed by atoms with Crippen LogP contribution in [-0.2, 0) is 25.6 Å². The Morgan fingerprint density at radius 3 is 2.25 bits per heavy atom. The van der Waals surface area contributed by atoms with E-state index in [4.69, 9.17) is 9.47 Å². The van der Waals surface area contributed by atoms with Gasteiger partial charge in [0.1, 0.15) is 0 Å². The highest BCUT2D eigenvalue weighted by Gasteiger charge is 2.45. The lowest BCUT2D eigenvalue weighted by Gasteiger charge is -2.21. The van der Waals surface area contributed by atoms with Crippen LogP contribution < -0.4 is 0 Å². The molecule has 0 amide bonds. The van der Waals surface area contributed by atoms with Crippen LogP contribution in [0.4, 0.5) is 0 Å². The van der Waals surface area contributed by atoms with Gasteiger partial charge in [0.15, 0.2) is 0 Å². The molecule has 2 rings (SSSR count). The molecule has 0 saturated heterocycles. The Balaban J connectivity index is 1.99. The maximum atomic E-state index is 11.9. The van der Waals surface area contributed by atoms with E-state index in [2.05, 4.69) is 28.1 Å². The molecule has 0 aliphatic carbocycles. The van der Waals surface area contributed by atoms with E-state index in [0.29, 0.717) is 13.0 Å². The average molecular weight is 394 g/mol. The van der Waals surface area contributed by atoms with Crippen molar-refractivity contribution < 1.29 is 19.1 Å². The van der Waals surface area contributed by atoms with Gasteiger partial charge in [-0.2, -0.15) is 0 Å². The minimum Gasteiger partial charge on any atom is -0.468 e. The number of benzene rings is 1. The van der Waals surface area contributed by atoms with E-state index in [0.717, 1.165) is 11.1 Å². The molecule has 6 heteroatoms. The van der Waals surface area contributed by atoms with Gasteiger partial charge in [0.2, 0.25) is 4.32 Å². The zero-order chi connectivity index (χ0) is 17.6. The largest absolute Gasteiger partial charge is 0.468 e. The van der Waals surface area contributed by atoms with Crippen molar-refractivity contribution >= 4 is 27.9 Å². The zero-order valence-corrected chi connectivity index (χ0v) is 15.3. The molecule has 0 bridgehead atoms. The van der Waals surface area contributed by atoms with Crippen LogP contribution in [0.25, 0.3) is 11.1 Å². The van der Waals surface area contributed by atoms with Crippen LogP contribution in [0.3, 0.4) is 0 Å². The van der Waals surface area contributed by atoms with Crippen molar-refractivity contribution in [1.29, 1.82) is 0 Å². The van der Waals surface area contributed by atoms with Crippen molar-refractivity contribution in [1.82, 2.24) is 4.57 Å². The standard InChI is InChI=1S/C18H20BrNO4/c1-23-16(21)18(19,17(22)24-2)10-6-11-20-12-9-15(13-20)14-7-4-3-5-8-14/h3-5,7-9,12-13H,6,10-11H2,1-2H3. The second-order valence-electron chi connectivity index (χ2n) is 5.39. The summed E-state index contributed by atoms with van der Waals surface area (Å²) in [6, 6.07) is 12.1. The number of hydrogen-bond acceptors (Lipinski definition) is 4. The molecule has 2 aromatic rings. The minimum absolute atomic E-state index is 0.283. The average Bonchev–Trinajstić information content (AvgIpc) is 3.09. The van der Waals surface area contributed by atoms with E-state index in [1.165, 1.54) is 14.2 Å². The molecule has 0 N–H and O–H groups in total. The smallest absolute Gasteiger partial charge is 0.334 e. The van der Waals surface area contributed by atoms with Gasteiger partial charge in [0.05, 0.1) is 14.2 Å². The normalized spacial score (nSPS) is 11.1. The van der Waals surface area contributed by atoms with Crippen LogP contribution in [0.5, 0.6) is 0 Å². The predicted molar refractivity (Wildman–Crippen MR) is 94.8 cm³/mol. The van der Waals surface area contributed by atoms with Gasteiger partial charge in [0, 0.05) is 18.9 Å². The van der Waals surface area contributed by atoms with Crippen molar-refractivity contribution in [3.05, 3.63) is 48.8 Å². The van der Waals surface area contributed by atoms with Crippen LogP contribution in [0.2, 0.25) is 0 Å². The van der Waals surface area contributed by atoms with Gasteiger partial charge in [-0.15, -0.1) is 0 Å². The molecule has 0 spiro atoms. The first-order chi connectivity index (χ1) is 11.5. The molecule has 24 heavy (non-hydrogen) atoms. The van der Waals surface area contributed by atoms with E-state index in [-0.39, 0.29) is 6.42 Å². The number of aromatic nitrogens is 1. The fraction of sp³-hybridized carbons (Fsp3) is 0.333. The summed E-state index contributed by atoms with van der Waals surface area (Å²) in [6.45, 7) is 0.675. The molecule has 0 radical (unpaired) electrons.